The molecule has 0 aliphatic carbocycles. The largest absolute Gasteiger partial charge is 0.372 e. The van der Waals surface area contributed by atoms with Crippen molar-refractivity contribution in [3.05, 3.63) is 101 Å². The lowest BCUT2D eigenvalue weighted by Gasteiger charge is -2.11. The van der Waals surface area contributed by atoms with Crippen LogP contribution in [0.25, 0.3) is 0 Å². The Bertz CT molecular complexity index is 869. The number of para-hydroxylation sites is 1. The molecule has 3 nitrogen and oxygen atoms in total. The lowest BCUT2D eigenvalue weighted by molar-refractivity contribution is 0.107. The normalized spacial score (nSPS) is 10.4. The molecule has 2 N–H and O–H groups in total. The summed E-state index contributed by atoms with van der Waals surface area (Å²) in [6.45, 7) is 1.72. The second-order valence-corrected chi connectivity index (χ2v) is 6.49. The summed E-state index contributed by atoms with van der Waals surface area (Å²) in [5.74, 6) is -0.332. The van der Waals surface area contributed by atoms with Gasteiger partial charge in [-0.25, -0.2) is 4.39 Å². The number of halogens is 1. The van der Waals surface area contributed by atoms with Crippen LogP contribution < -0.4 is 10.6 Å². The molecule has 138 valence electrons. The molecule has 3 aromatic carbocycles. The van der Waals surface area contributed by atoms with E-state index in [1.54, 1.807) is 18.2 Å². The van der Waals surface area contributed by atoms with Crippen LogP contribution >= 0.6 is 12.2 Å². The van der Waals surface area contributed by atoms with Crippen LogP contribution in [0.3, 0.4) is 0 Å². The van der Waals surface area contributed by atoms with E-state index < -0.39 is 0 Å². The minimum atomic E-state index is -0.332. The molecule has 5 heteroatoms. The molecule has 0 fully saturated rings. The van der Waals surface area contributed by atoms with E-state index >= 15 is 0 Å². The predicted molar refractivity (Wildman–Crippen MR) is 111 cm³/mol. The fourth-order valence-electron chi connectivity index (χ4n) is 2.53. The summed E-state index contributed by atoms with van der Waals surface area (Å²) >= 11 is 5.22. The van der Waals surface area contributed by atoms with Crippen molar-refractivity contribution in [2.24, 2.45) is 0 Å². The van der Waals surface area contributed by atoms with Crippen molar-refractivity contribution >= 4 is 23.0 Å². The monoisotopic (exact) mass is 380 g/mol. The molecular formula is C22H21FN2OS. The summed E-state index contributed by atoms with van der Waals surface area (Å²) in [7, 11) is 0. The summed E-state index contributed by atoms with van der Waals surface area (Å²) < 4.78 is 19.3. The molecule has 0 saturated heterocycles. The highest BCUT2D eigenvalue weighted by atomic mass is 32.1. The molecule has 0 bridgehead atoms. The van der Waals surface area contributed by atoms with Crippen molar-refractivity contribution in [2.75, 3.05) is 5.32 Å². The van der Waals surface area contributed by atoms with Crippen LogP contribution in [0, 0.1) is 5.82 Å². The summed E-state index contributed by atoms with van der Waals surface area (Å²) in [5.41, 5.74) is 3.72. The highest BCUT2D eigenvalue weighted by Crippen LogP contribution is 2.12. The molecule has 0 aromatic heterocycles. The number of rotatable bonds is 7. The van der Waals surface area contributed by atoms with Gasteiger partial charge in [0.1, 0.15) is 5.82 Å². The van der Waals surface area contributed by atoms with Gasteiger partial charge in [-0.15, -0.1) is 0 Å². The second-order valence-electron chi connectivity index (χ2n) is 6.08. The van der Waals surface area contributed by atoms with Gasteiger partial charge < -0.3 is 15.4 Å². The lowest BCUT2D eigenvalue weighted by atomic mass is 10.1. The first kappa shape index (κ1) is 19.0. The van der Waals surface area contributed by atoms with Gasteiger partial charge in [-0.3, -0.25) is 0 Å². The molecule has 0 radical (unpaired) electrons. The Morgan fingerprint density at radius 1 is 0.778 bits per heavy atom. The number of anilines is 1. The maximum absolute atomic E-state index is 13.6. The molecule has 0 aliphatic rings. The Kier molecular flexibility index (Phi) is 6.90. The zero-order chi connectivity index (χ0) is 18.9. The first-order valence-corrected chi connectivity index (χ1v) is 9.10. The fourth-order valence-corrected chi connectivity index (χ4v) is 2.71. The zero-order valence-corrected chi connectivity index (χ0v) is 15.6. The van der Waals surface area contributed by atoms with Gasteiger partial charge in [0.15, 0.2) is 5.11 Å². The summed E-state index contributed by atoms with van der Waals surface area (Å²) in [6, 6.07) is 24.7. The average Bonchev–Trinajstić information content (AvgIpc) is 2.70. The van der Waals surface area contributed by atoms with Crippen molar-refractivity contribution in [3.8, 4) is 0 Å². The van der Waals surface area contributed by atoms with E-state index in [4.69, 9.17) is 17.0 Å². The van der Waals surface area contributed by atoms with Gasteiger partial charge in [0.2, 0.25) is 0 Å². The number of hydrogen-bond acceptors (Lipinski definition) is 2. The lowest BCUT2D eigenvalue weighted by Crippen LogP contribution is -2.28. The third-order valence-corrected chi connectivity index (χ3v) is 4.22. The van der Waals surface area contributed by atoms with Crippen molar-refractivity contribution in [1.29, 1.82) is 0 Å². The van der Waals surface area contributed by atoms with E-state index in [-0.39, 0.29) is 5.82 Å². The van der Waals surface area contributed by atoms with Gasteiger partial charge in [0.05, 0.1) is 18.9 Å². The van der Waals surface area contributed by atoms with Gasteiger partial charge in [0.25, 0.3) is 0 Å². The van der Waals surface area contributed by atoms with E-state index in [2.05, 4.69) is 10.6 Å². The van der Waals surface area contributed by atoms with Crippen LogP contribution in [-0.2, 0) is 24.5 Å². The maximum Gasteiger partial charge on any atom is 0.171 e. The van der Waals surface area contributed by atoms with E-state index in [1.807, 2.05) is 54.6 Å². The zero-order valence-electron chi connectivity index (χ0n) is 14.8. The van der Waals surface area contributed by atoms with Crippen molar-refractivity contribution in [1.82, 2.24) is 5.32 Å². The molecular weight excluding hydrogens is 359 g/mol. The van der Waals surface area contributed by atoms with Crippen LogP contribution in [0.15, 0.2) is 78.9 Å². The van der Waals surface area contributed by atoms with Gasteiger partial charge in [-0.05, 0) is 41.0 Å². The number of thiocarbonyl (C=S) groups is 1. The molecule has 0 heterocycles. The smallest absolute Gasteiger partial charge is 0.171 e. The molecule has 3 aromatic rings. The SMILES string of the molecule is Fc1ccccc1NC(=S)NCc1ccc(COCc2ccccc2)cc1. The summed E-state index contributed by atoms with van der Waals surface area (Å²) in [5, 5.41) is 6.33. The van der Waals surface area contributed by atoms with Gasteiger partial charge >= 0.3 is 0 Å². The number of benzene rings is 3. The first-order valence-electron chi connectivity index (χ1n) is 8.69. The minimum absolute atomic E-state index is 0.332. The summed E-state index contributed by atoms with van der Waals surface area (Å²) in [4.78, 5) is 0. The van der Waals surface area contributed by atoms with Gasteiger partial charge in [-0.1, -0.05) is 66.7 Å². The topological polar surface area (TPSA) is 33.3 Å². The maximum atomic E-state index is 13.6. The molecule has 27 heavy (non-hydrogen) atoms. The number of nitrogens with one attached hydrogen (secondary N) is 2. The molecule has 0 spiro atoms. The van der Waals surface area contributed by atoms with E-state index in [1.165, 1.54) is 6.07 Å². The van der Waals surface area contributed by atoms with Gasteiger partial charge in [-0.2, -0.15) is 0 Å². The molecule has 0 amide bonds. The van der Waals surface area contributed by atoms with E-state index in [9.17, 15) is 4.39 Å². The Morgan fingerprint density at radius 2 is 1.37 bits per heavy atom. The highest BCUT2D eigenvalue weighted by molar-refractivity contribution is 7.80. The van der Waals surface area contributed by atoms with Crippen molar-refractivity contribution < 1.29 is 9.13 Å². The standard InChI is InChI=1S/C22H21FN2OS/c23-20-8-4-5-9-21(20)25-22(27)24-14-17-10-12-19(13-11-17)16-26-15-18-6-2-1-3-7-18/h1-13H,14-16H2,(H2,24,25,27). The van der Waals surface area contributed by atoms with Crippen LogP contribution in [0.1, 0.15) is 16.7 Å². The van der Waals surface area contributed by atoms with Crippen molar-refractivity contribution in [2.45, 2.75) is 19.8 Å². The van der Waals surface area contributed by atoms with E-state index in [0.717, 1.165) is 16.7 Å². The van der Waals surface area contributed by atoms with Crippen LogP contribution in [0.2, 0.25) is 0 Å². The molecule has 3 rings (SSSR count). The highest BCUT2D eigenvalue weighted by Gasteiger charge is 2.03. The minimum Gasteiger partial charge on any atom is -0.372 e. The molecule has 0 unspecified atom stereocenters. The molecule has 0 saturated carbocycles. The number of hydrogen-bond donors (Lipinski definition) is 2. The predicted octanol–water partition coefficient (Wildman–Crippen LogP) is 5.03. The Hall–Kier alpha value is -2.76. The number of ether oxygens (including phenoxy) is 1. The average molecular weight is 380 g/mol. The molecule has 0 atom stereocenters. The Morgan fingerprint density at radius 3 is 2.07 bits per heavy atom. The summed E-state index contributed by atoms with van der Waals surface area (Å²) in [6.07, 6.45) is 0. The van der Waals surface area contributed by atoms with Crippen LogP contribution in [0.4, 0.5) is 10.1 Å². The third-order valence-electron chi connectivity index (χ3n) is 3.98. The van der Waals surface area contributed by atoms with Crippen LogP contribution in [-0.4, -0.2) is 5.11 Å². The van der Waals surface area contributed by atoms with Crippen molar-refractivity contribution in [3.63, 3.8) is 0 Å². The van der Waals surface area contributed by atoms with Gasteiger partial charge in [0, 0.05) is 6.54 Å². The first-order chi connectivity index (χ1) is 13.2. The Labute approximate surface area is 164 Å². The van der Waals surface area contributed by atoms with Crippen LogP contribution in [0.5, 0.6) is 0 Å². The Balaban J connectivity index is 1.42. The fraction of sp³-hybridized carbons (Fsp3) is 0.136. The second kappa shape index (κ2) is 9.80. The molecule has 0 aliphatic heterocycles. The van der Waals surface area contributed by atoms with E-state index in [0.29, 0.717) is 30.6 Å². The third kappa shape index (κ3) is 6.16. The quantitative estimate of drug-likeness (QED) is 0.563.